The second kappa shape index (κ2) is 5.22. The number of aliphatic hydroxyl groups excluding tert-OH is 1. The van der Waals surface area contributed by atoms with E-state index in [1.165, 1.54) is 0 Å². The van der Waals surface area contributed by atoms with Crippen LogP contribution in [0.3, 0.4) is 0 Å². The minimum atomic E-state index is -0.208. The number of anilines is 2. The summed E-state index contributed by atoms with van der Waals surface area (Å²) in [5.41, 5.74) is 0.954. The first kappa shape index (κ1) is 13.6. The monoisotopic (exact) mass is 277 g/mol. The van der Waals surface area contributed by atoms with Crippen molar-refractivity contribution in [3.8, 4) is 0 Å². The number of rotatable bonds is 3. The molecule has 2 atom stereocenters. The smallest absolute Gasteiger partial charge is 0.128 e. The van der Waals surface area contributed by atoms with E-state index in [1.807, 2.05) is 6.20 Å². The minimum absolute atomic E-state index is 0.0666. The molecule has 0 spiro atoms. The van der Waals surface area contributed by atoms with Crippen molar-refractivity contribution in [3.63, 3.8) is 0 Å². The van der Waals surface area contributed by atoms with E-state index in [9.17, 15) is 5.11 Å². The number of nitrogens with one attached hydrogen (secondary N) is 1. The maximum Gasteiger partial charge on any atom is 0.128 e. The average molecular weight is 277 g/mol. The van der Waals surface area contributed by atoms with Crippen LogP contribution < -0.4 is 10.2 Å². The standard InChI is InChI=1S/C15H23N3O2/c1-15(2)12(9-13(15)19)17-11-3-4-14(16-10-11)18-5-7-20-8-6-18/h3-4,10,12-13,17,19H,5-9H2,1-2H3. The van der Waals surface area contributed by atoms with Gasteiger partial charge in [-0.05, 0) is 18.6 Å². The Bertz CT molecular complexity index is 455. The molecule has 0 bridgehead atoms. The van der Waals surface area contributed by atoms with Gasteiger partial charge in [-0.1, -0.05) is 13.8 Å². The third-order valence-corrected chi connectivity index (χ3v) is 4.64. The van der Waals surface area contributed by atoms with Crippen molar-refractivity contribution in [2.75, 3.05) is 36.5 Å². The predicted octanol–water partition coefficient (Wildman–Crippen LogP) is 1.49. The summed E-state index contributed by atoms with van der Waals surface area (Å²) >= 11 is 0. The van der Waals surface area contributed by atoms with Crippen LogP contribution in [0.2, 0.25) is 0 Å². The molecule has 110 valence electrons. The Morgan fingerprint density at radius 3 is 2.65 bits per heavy atom. The number of hydrogen-bond acceptors (Lipinski definition) is 5. The molecule has 1 saturated carbocycles. The molecule has 3 rings (SSSR count). The van der Waals surface area contributed by atoms with E-state index in [4.69, 9.17) is 4.74 Å². The molecule has 0 aromatic carbocycles. The van der Waals surface area contributed by atoms with E-state index in [1.54, 1.807) is 0 Å². The van der Waals surface area contributed by atoms with Gasteiger partial charge in [-0.3, -0.25) is 0 Å². The van der Waals surface area contributed by atoms with Crippen LogP contribution >= 0.6 is 0 Å². The van der Waals surface area contributed by atoms with Gasteiger partial charge < -0.3 is 20.1 Å². The zero-order valence-electron chi connectivity index (χ0n) is 12.2. The van der Waals surface area contributed by atoms with Crippen LogP contribution in [0.1, 0.15) is 20.3 Å². The van der Waals surface area contributed by atoms with E-state index >= 15 is 0 Å². The first-order valence-electron chi connectivity index (χ1n) is 7.31. The van der Waals surface area contributed by atoms with Crippen LogP contribution in [0.5, 0.6) is 0 Å². The summed E-state index contributed by atoms with van der Waals surface area (Å²) in [5, 5.41) is 13.2. The molecule has 2 N–H and O–H groups in total. The largest absolute Gasteiger partial charge is 0.392 e. The third kappa shape index (κ3) is 2.47. The Kier molecular flexibility index (Phi) is 3.56. The zero-order valence-corrected chi connectivity index (χ0v) is 12.2. The number of pyridine rings is 1. The van der Waals surface area contributed by atoms with Crippen molar-refractivity contribution in [2.24, 2.45) is 5.41 Å². The number of morpholine rings is 1. The fraction of sp³-hybridized carbons (Fsp3) is 0.667. The molecule has 1 saturated heterocycles. The van der Waals surface area contributed by atoms with Gasteiger partial charge in [0.25, 0.3) is 0 Å². The first-order valence-corrected chi connectivity index (χ1v) is 7.31. The van der Waals surface area contributed by atoms with Crippen LogP contribution in [-0.4, -0.2) is 48.5 Å². The van der Waals surface area contributed by atoms with Crippen molar-refractivity contribution in [1.82, 2.24) is 4.98 Å². The first-order chi connectivity index (χ1) is 9.57. The van der Waals surface area contributed by atoms with E-state index in [-0.39, 0.29) is 11.5 Å². The van der Waals surface area contributed by atoms with Crippen LogP contribution in [-0.2, 0) is 4.74 Å². The maximum absolute atomic E-state index is 9.76. The summed E-state index contributed by atoms with van der Waals surface area (Å²) in [6.45, 7) is 7.54. The number of aliphatic hydroxyl groups is 1. The quantitative estimate of drug-likeness (QED) is 0.876. The van der Waals surface area contributed by atoms with Gasteiger partial charge in [-0.2, -0.15) is 0 Å². The molecule has 2 unspecified atom stereocenters. The van der Waals surface area contributed by atoms with Crippen molar-refractivity contribution in [3.05, 3.63) is 18.3 Å². The summed E-state index contributed by atoms with van der Waals surface area (Å²) in [7, 11) is 0. The fourth-order valence-corrected chi connectivity index (χ4v) is 2.80. The van der Waals surface area contributed by atoms with Crippen molar-refractivity contribution in [2.45, 2.75) is 32.4 Å². The summed E-state index contributed by atoms with van der Waals surface area (Å²) in [6.07, 6.45) is 2.48. The predicted molar refractivity (Wildman–Crippen MR) is 79.1 cm³/mol. The highest BCUT2D eigenvalue weighted by atomic mass is 16.5. The van der Waals surface area contributed by atoms with Crippen molar-refractivity contribution in [1.29, 1.82) is 0 Å². The molecule has 5 heteroatoms. The fourth-order valence-electron chi connectivity index (χ4n) is 2.80. The Hall–Kier alpha value is -1.33. The van der Waals surface area contributed by atoms with Gasteiger partial charge in [0.2, 0.25) is 0 Å². The lowest BCUT2D eigenvalue weighted by Gasteiger charge is -2.49. The molecular formula is C15H23N3O2. The summed E-state index contributed by atoms with van der Waals surface area (Å²) in [4.78, 5) is 6.77. The van der Waals surface area contributed by atoms with E-state index in [0.717, 1.165) is 44.2 Å². The number of aromatic nitrogens is 1. The second-order valence-corrected chi connectivity index (χ2v) is 6.27. The Labute approximate surface area is 120 Å². The van der Waals surface area contributed by atoms with Crippen LogP contribution in [0, 0.1) is 5.41 Å². The molecule has 5 nitrogen and oxygen atoms in total. The van der Waals surface area contributed by atoms with E-state index in [0.29, 0.717) is 6.04 Å². The molecule has 1 aromatic heterocycles. The Balaban J connectivity index is 1.62. The van der Waals surface area contributed by atoms with Crippen LogP contribution in [0.25, 0.3) is 0 Å². The van der Waals surface area contributed by atoms with Gasteiger partial charge in [0.1, 0.15) is 5.82 Å². The summed E-state index contributed by atoms with van der Waals surface area (Å²) in [6, 6.07) is 4.43. The van der Waals surface area contributed by atoms with Gasteiger partial charge in [-0.25, -0.2) is 4.98 Å². The Morgan fingerprint density at radius 2 is 2.10 bits per heavy atom. The molecule has 0 amide bonds. The average Bonchev–Trinajstić information content (AvgIpc) is 2.48. The second-order valence-electron chi connectivity index (χ2n) is 6.27. The molecule has 1 aliphatic carbocycles. The Morgan fingerprint density at radius 1 is 1.35 bits per heavy atom. The third-order valence-electron chi connectivity index (χ3n) is 4.64. The van der Waals surface area contributed by atoms with E-state index < -0.39 is 0 Å². The highest BCUT2D eigenvalue weighted by Crippen LogP contribution is 2.42. The lowest BCUT2D eigenvalue weighted by atomic mass is 9.64. The lowest BCUT2D eigenvalue weighted by molar-refractivity contribution is -0.0510. The summed E-state index contributed by atoms with van der Waals surface area (Å²) in [5.74, 6) is 1.01. The highest BCUT2D eigenvalue weighted by Gasteiger charge is 2.47. The normalized spacial score (nSPS) is 28.9. The molecule has 2 aliphatic rings. The highest BCUT2D eigenvalue weighted by molar-refractivity contribution is 5.50. The molecule has 0 radical (unpaired) electrons. The van der Waals surface area contributed by atoms with Gasteiger partial charge in [0.15, 0.2) is 0 Å². The van der Waals surface area contributed by atoms with Crippen molar-refractivity contribution < 1.29 is 9.84 Å². The molecular weight excluding hydrogens is 254 g/mol. The number of ether oxygens (including phenoxy) is 1. The zero-order chi connectivity index (χ0) is 14.2. The van der Waals surface area contributed by atoms with Gasteiger partial charge in [0.05, 0.1) is 31.2 Å². The van der Waals surface area contributed by atoms with Crippen LogP contribution in [0.15, 0.2) is 18.3 Å². The molecule has 20 heavy (non-hydrogen) atoms. The molecule has 2 fully saturated rings. The number of nitrogens with zero attached hydrogens (tertiary/aromatic N) is 2. The van der Waals surface area contributed by atoms with Gasteiger partial charge in [-0.15, -0.1) is 0 Å². The SMILES string of the molecule is CC1(C)C(O)CC1Nc1ccc(N2CCOCC2)nc1. The molecule has 1 aliphatic heterocycles. The lowest BCUT2D eigenvalue weighted by Crippen LogP contribution is -2.56. The van der Waals surface area contributed by atoms with Crippen molar-refractivity contribution >= 4 is 11.5 Å². The maximum atomic E-state index is 9.76. The molecule has 1 aromatic rings. The topological polar surface area (TPSA) is 57.6 Å². The summed E-state index contributed by atoms with van der Waals surface area (Å²) < 4.78 is 5.35. The van der Waals surface area contributed by atoms with E-state index in [2.05, 4.69) is 41.2 Å². The van der Waals surface area contributed by atoms with Gasteiger partial charge >= 0.3 is 0 Å². The molecule has 2 heterocycles. The minimum Gasteiger partial charge on any atom is -0.392 e. The van der Waals surface area contributed by atoms with Gasteiger partial charge in [0, 0.05) is 24.5 Å². The number of hydrogen-bond donors (Lipinski definition) is 2. The van der Waals surface area contributed by atoms with Crippen LogP contribution in [0.4, 0.5) is 11.5 Å².